The van der Waals surface area contributed by atoms with E-state index in [-0.39, 0.29) is 0 Å². The van der Waals surface area contributed by atoms with Gasteiger partial charge in [-0.3, -0.25) is 4.57 Å². The molecule has 0 aliphatic carbocycles. The predicted molar refractivity (Wildman–Crippen MR) is 121 cm³/mol. The standard InChI is InChI=1S/C26H16ClNO/c27-19-13-10-17(11-14-19)18-12-15-22-24(16-18)29-26-25(22)21-8-4-5-9-23(21)28(26)20-6-2-1-3-7-20/h1-16H. The Kier molecular flexibility index (Phi) is 3.56. The van der Waals surface area contributed by atoms with Crippen LogP contribution in [0.4, 0.5) is 0 Å². The number of rotatable bonds is 2. The smallest absolute Gasteiger partial charge is 0.213 e. The molecule has 2 aromatic heterocycles. The molecule has 0 unspecified atom stereocenters. The third-order valence-electron chi connectivity index (χ3n) is 5.48. The van der Waals surface area contributed by atoms with Crippen LogP contribution in [0.15, 0.2) is 101 Å². The minimum absolute atomic E-state index is 0.738. The van der Waals surface area contributed by atoms with E-state index in [2.05, 4.69) is 71.3 Å². The molecule has 6 rings (SSSR count). The third kappa shape index (κ3) is 2.50. The second-order valence-electron chi connectivity index (χ2n) is 7.19. The van der Waals surface area contributed by atoms with Crippen LogP contribution in [-0.4, -0.2) is 4.57 Å². The summed E-state index contributed by atoms with van der Waals surface area (Å²) in [4.78, 5) is 0. The number of aromatic nitrogens is 1. The van der Waals surface area contributed by atoms with Crippen molar-refractivity contribution in [2.24, 2.45) is 0 Å². The lowest BCUT2D eigenvalue weighted by Gasteiger charge is -2.05. The summed E-state index contributed by atoms with van der Waals surface area (Å²) in [7, 11) is 0. The van der Waals surface area contributed by atoms with Crippen LogP contribution in [-0.2, 0) is 0 Å². The summed E-state index contributed by atoms with van der Waals surface area (Å²) in [6, 6.07) is 33.1. The van der Waals surface area contributed by atoms with Gasteiger partial charge in [0.05, 0.1) is 10.9 Å². The zero-order valence-electron chi connectivity index (χ0n) is 15.5. The molecule has 0 aliphatic rings. The van der Waals surface area contributed by atoms with Crippen molar-refractivity contribution in [2.45, 2.75) is 0 Å². The topological polar surface area (TPSA) is 18.1 Å². The van der Waals surface area contributed by atoms with E-state index in [1.807, 2.05) is 30.3 Å². The molecule has 2 heterocycles. The molecule has 0 atom stereocenters. The van der Waals surface area contributed by atoms with Crippen LogP contribution >= 0.6 is 11.6 Å². The number of halogens is 1. The molecular weight excluding hydrogens is 378 g/mol. The van der Waals surface area contributed by atoms with E-state index < -0.39 is 0 Å². The average molecular weight is 394 g/mol. The van der Waals surface area contributed by atoms with Gasteiger partial charge >= 0.3 is 0 Å². The fourth-order valence-electron chi connectivity index (χ4n) is 4.15. The summed E-state index contributed by atoms with van der Waals surface area (Å²) in [5, 5.41) is 4.22. The van der Waals surface area contributed by atoms with Crippen molar-refractivity contribution in [1.82, 2.24) is 4.57 Å². The first kappa shape index (κ1) is 16.5. The number of hydrogen-bond donors (Lipinski definition) is 0. The molecule has 29 heavy (non-hydrogen) atoms. The molecule has 6 aromatic rings. The number of nitrogens with zero attached hydrogens (tertiary/aromatic N) is 1. The maximum Gasteiger partial charge on any atom is 0.213 e. The van der Waals surface area contributed by atoms with E-state index >= 15 is 0 Å². The van der Waals surface area contributed by atoms with Gasteiger partial charge in [-0.1, -0.05) is 66.2 Å². The summed E-state index contributed by atoms with van der Waals surface area (Å²) >= 11 is 6.04. The third-order valence-corrected chi connectivity index (χ3v) is 5.73. The van der Waals surface area contributed by atoms with Crippen molar-refractivity contribution in [3.05, 3.63) is 102 Å². The zero-order chi connectivity index (χ0) is 19.4. The summed E-state index contributed by atoms with van der Waals surface area (Å²) < 4.78 is 8.65. The quantitative estimate of drug-likeness (QED) is 0.293. The van der Waals surface area contributed by atoms with Gasteiger partial charge in [0.15, 0.2) is 0 Å². The maximum atomic E-state index is 6.45. The molecule has 0 saturated carbocycles. The molecule has 0 bridgehead atoms. The van der Waals surface area contributed by atoms with Crippen LogP contribution in [0, 0.1) is 0 Å². The molecule has 0 saturated heterocycles. The molecular formula is C26H16ClNO. The van der Waals surface area contributed by atoms with E-state index in [9.17, 15) is 0 Å². The molecule has 4 aromatic carbocycles. The highest BCUT2D eigenvalue weighted by Gasteiger charge is 2.19. The summed E-state index contributed by atoms with van der Waals surface area (Å²) in [5.74, 6) is 0. The lowest BCUT2D eigenvalue weighted by Crippen LogP contribution is -1.91. The molecule has 0 fully saturated rings. The van der Waals surface area contributed by atoms with Gasteiger partial charge in [-0.05, 0) is 53.6 Å². The van der Waals surface area contributed by atoms with Gasteiger partial charge in [0.25, 0.3) is 0 Å². The van der Waals surface area contributed by atoms with E-state index in [1.54, 1.807) is 0 Å². The van der Waals surface area contributed by atoms with Gasteiger partial charge in [-0.2, -0.15) is 0 Å². The molecule has 0 N–H and O–H groups in total. The van der Waals surface area contributed by atoms with Crippen molar-refractivity contribution in [2.75, 3.05) is 0 Å². The Morgan fingerprint density at radius 2 is 1.38 bits per heavy atom. The largest absolute Gasteiger partial charge is 0.439 e. The summed E-state index contributed by atoms with van der Waals surface area (Å²) in [6.07, 6.45) is 0. The number of benzene rings is 4. The summed E-state index contributed by atoms with van der Waals surface area (Å²) in [6.45, 7) is 0. The maximum absolute atomic E-state index is 6.45. The number of para-hydroxylation sites is 2. The Morgan fingerprint density at radius 1 is 0.655 bits per heavy atom. The molecule has 0 spiro atoms. The Morgan fingerprint density at radius 3 is 2.21 bits per heavy atom. The number of hydrogen-bond acceptors (Lipinski definition) is 1. The van der Waals surface area contributed by atoms with E-state index in [4.69, 9.17) is 16.0 Å². The second-order valence-corrected chi connectivity index (χ2v) is 7.62. The lowest BCUT2D eigenvalue weighted by atomic mass is 10.0. The van der Waals surface area contributed by atoms with Crippen LogP contribution in [0.2, 0.25) is 5.02 Å². The zero-order valence-corrected chi connectivity index (χ0v) is 16.2. The highest BCUT2D eigenvalue weighted by atomic mass is 35.5. The molecule has 0 amide bonds. The normalized spacial score (nSPS) is 11.6. The highest BCUT2D eigenvalue weighted by Crippen LogP contribution is 2.40. The van der Waals surface area contributed by atoms with Gasteiger partial charge in [0.1, 0.15) is 5.58 Å². The first-order chi connectivity index (χ1) is 14.3. The molecule has 0 radical (unpaired) electrons. The van der Waals surface area contributed by atoms with Crippen molar-refractivity contribution in [1.29, 1.82) is 0 Å². The fraction of sp³-hybridized carbons (Fsp3) is 0. The fourth-order valence-corrected chi connectivity index (χ4v) is 4.27. The van der Waals surface area contributed by atoms with Gasteiger partial charge in [0.2, 0.25) is 5.71 Å². The molecule has 138 valence electrons. The van der Waals surface area contributed by atoms with E-state index in [1.165, 1.54) is 5.39 Å². The number of furan rings is 1. The highest BCUT2D eigenvalue weighted by molar-refractivity contribution is 6.30. The Hall–Kier alpha value is -3.49. The Balaban J connectivity index is 1.67. The van der Waals surface area contributed by atoms with Crippen molar-refractivity contribution < 1.29 is 4.42 Å². The summed E-state index contributed by atoms with van der Waals surface area (Å²) in [5.41, 5.74) is 6.24. The van der Waals surface area contributed by atoms with Gasteiger partial charge in [-0.15, -0.1) is 0 Å². The van der Waals surface area contributed by atoms with Crippen LogP contribution in [0.5, 0.6) is 0 Å². The number of fused-ring (bicyclic) bond motifs is 5. The SMILES string of the molecule is Clc1ccc(-c2ccc3c(c2)oc2c3c3ccccc3n2-c2ccccc2)cc1. The van der Waals surface area contributed by atoms with Crippen LogP contribution in [0.25, 0.3) is 49.8 Å². The van der Waals surface area contributed by atoms with Crippen LogP contribution in [0.3, 0.4) is 0 Å². The van der Waals surface area contributed by atoms with Crippen molar-refractivity contribution >= 4 is 44.6 Å². The predicted octanol–water partition coefficient (Wildman–Crippen LogP) is 7.85. The van der Waals surface area contributed by atoms with Gasteiger partial charge < -0.3 is 4.42 Å². The van der Waals surface area contributed by atoms with Crippen LogP contribution in [0.1, 0.15) is 0 Å². The Bertz CT molecular complexity index is 1490. The van der Waals surface area contributed by atoms with E-state index in [0.717, 1.165) is 49.4 Å². The lowest BCUT2D eigenvalue weighted by molar-refractivity contribution is 0.645. The molecule has 3 heteroatoms. The van der Waals surface area contributed by atoms with Crippen molar-refractivity contribution in [3.63, 3.8) is 0 Å². The minimum atomic E-state index is 0.738. The molecule has 0 aliphatic heterocycles. The van der Waals surface area contributed by atoms with Crippen LogP contribution < -0.4 is 0 Å². The second kappa shape index (κ2) is 6.26. The monoisotopic (exact) mass is 393 g/mol. The first-order valence-electron chi connectivity index (χ1n) is 9.57. The Labute approximate surface area is 172 Å². The average Bonchev–Trinajstić information content (AvgIpc) is 3.28. The van der Waals surface area contributed by atoms with Crippen molar-refractivity contribution in [3.8, 4) is 16.8 Å². The minimum Gasteiger partial charge on any atom is -0.439 e. The molecule has 2 nitrogen and oxygen atoms in total. The van der Waals surface area contributed by atoms with Gasteiger partial charge in [-0.25, -0.2) is 0 Å². The first-order valence-corrected chi connectivity index (χ1v) is 9.94. The van der Waals surface area contributed by atoms with Gasteiger partial charge in [0, 0.05) is 21.5 Å². The van der Waals surface area contributed by atoms with E-state index in [0.29, 0.717) is 0 Å².